The maximum absolute atomic E-state index is 12.3. The van der Waals surface area contributed by atoms with Crippen LogP contribution in [0.25, 0.3) is 6.08 Å². The molecule has 0 amide bonds. The molecule has 0 spiro atoms. The smallest absolute Gasteiger partial charge is 0.204 e. The first-order chi connectivity index (χ1) is 11.1. The Morgan fingerprint density at radius 3 is 2.26 bits per heavy atom. The number of carbonyl (C=O) groups excluding carboxylic acids is 1. The van der Waals surface area contributed by atoms with Gasteiger partial charge in [0.05, 0.1) is 21.3 Å². The molecule has 0 bridgehead atoms. The molecule has 6 heteroatoms. The van der Waals surface area contributed by atoms with Gasteiger partial charge in [-0.2, -0.15) is 16.6 Å². The van der Waals surface area contributed by atoms with Gasteiger partial charge in [0.2, 0.25) is 11.5 Å². The van der Waals surface area contributed by atoms with Crippen LogP contribution < -0.4 is 14.2 Å². The molecule has 2 aromatic rings. The molecule has 23 heavy (non-hydrogen) atoms. The molecule has 1 aromatic carbocycles. The molecule has 0 radical (unpaired) electrons. The highest BCUT2D eigenvalue weighted by Gasteiger charge is 2.16. The normalized spacial score (nSPS) is 10.8. The predicted octanol–water partition coefficient (Wildman–Crippen LogP) is 3.56. The number of hydrogen-bond donors (Lipinski definition) is 0. The average Bonchev–Trinajstić information content (AvgIpc) is 3.12. The topological polar surface area (TPSA) is 68.5 Å². The lowest BCUT2D eigenvalue weighted by atomic mass is 10.0. The number of methoxy groups -OCH3 is 3. The summed E-state index contributed by atoms with van der Waals surface area (Å²) in [6, 6.07) is 6.99. The van der Waals surface area contributed by atoms with Gasteiger partial charge in [-0.1, -0.05) is 0 Å². The van der Waals surface area contributed by atoms with Crippen molar-refractivity contribution < 1.29 is 19.0 Å². The Balaban J connectivity index is 2.48. The number of nitrogens with zero attached hydrogens (tertiary/aromatic N) is 1. The minimum Gasteiger partial charge on any atom is -0.493 e. The lowest BCUT2D eigenvalue weighted by Crippen LogP contribution is -2.00. The van der Waals surface area contributed by atoms with Crippen LogP contribution in [0.5, 0.6) is 17.2 Å². The molecular weight excluding hydrogens is 314 g/mol. The van der Waals surface area contributed by atoms with Gasteiger partial charge in [0.15, 0.2) is 11.5 Å². The molecule has 118 valence electrons. The van der Waals surface area contributed by atoms with E-state index in [1.165, 1.54) is 38.7 Å². The summed E-state index contributed by atoms with van der Waals surface area (Å²) < 4.78 is 15.8. The molecule has 2 rings (SSSR count). The maximum atomic E-state index is 12.3. The summed E-state index contributed by atoms with van der Waals surface area (Å²) in [7, 11) is 4.52. The molecule has 0 atom stereocenters. The Morgan fingerprint density at radius 2 is 1.83 bits per heavy atom. The first-order valence-corrected chi connectivity index (χ1v) is 7.57. The fourth-order valence-corrected chi connectivity index (χ4v) is 2.69. The van der Waals surface area contributed by atoms with E-state index in [9.17, 15) is 10.1 Å². The van der Waals surface area contributed by atoms with E-state index in [0.717, 1.165) is 0 Å². The van der Waals surface area contributed by atoms with E-state index >= 15 is 0 Å². The minimum atomic E-state index is -0.317. The summed E-state index contributed by atoms with van der Waals surface area (Å²) in [5.41, 5.74) is 1.15. The molecule has 0 N–H and O–H groups in total. The van der Waals surface area contributed by atoms with Gasteiger partial charge in [0.1, 0.15) is 11.6 Å². The number of thiophene rings is 1. The minimum absolute atomic E-state index is 0.0395. The number of benzene rings is 1. The van der Waals surface area contributed by atoms with Crippen molar-refractivity contribution in [3.63, 3.8) is 0 Å². The molecule has 1 heterocycles. The SMILES string of the molecule is COc1cc(C=C(C#N)C(=O)c2ccsc2)cc(OC)c1OC. The number of hydrogen-bond acceptors (Lipinski definition) is 6. The van der Waals surface area contributed by atoms with Crippen molar-refractivity contribution in [2.75, 3.05) is 21.3 Å². The van der Waals surface area contributed by atoms with Crippen LogP contribution in [0.3, 0.4) is 0 Å². The Labute approximate surface area is 138 Å². The summed E-state index contributed by atoms with van der Waals surface area (Å²) in [4.78, 5) is 12.3. The fraction of sp³-hybridized carbons (Fsp3) is 0.176. The molecular formula is C17H15NO4S. The van der Waals surface area contributed by atoms with E-state index in [-0.39, 0.29) is 11.4 Å². The van der Waals surface area contributed by atoms with Gasteiger partial charge in [-0.05, 0) is 35.2 Å². The molecule has 1 aromatic heterocycles. The van der Waals surface area contributed by atoms with E-state index < -0.39 is 0 Å². The molecule has 0 fully saturated rings. The standard InChI is InChI=1S/C17H15NO4S/c1-20-14-7-11(8-15(21-2)17(14)22-3)6-13(9-18)16(19)12-4-5-23-10-12/h4-8,10H,1-3H3. The number of allylic oxidation sites excluding steroid dienone is 1. The van der Waals surface area contributed by atoms with Gasteiger partial charge < -0.3 is 14.2 Å². The van der Waals surface area contributed by atoms with E-state index in [2.05, 4.69) is 0 Å². The van der Waals surface area contributed by atoms with Crippen molar-refractivity contribution in [3.8, 4) is 23.3 Å². The van der Waals surface area contributed by atoms with Gasteiger partial charge in [0.25, 0.3) is 0 Å². The summed E-state index contributed by atoms with van der Waals surface area (Å²) in [6.45, 7) is 0. The third-order valence-electron chi connectivity index (χ3n) is 3.15. The number of ketones is 1. The number of carbonyl (C=O) groups is 1. The third kappa shape index (κ3) is 3.52. The van der Waals surface area contributed by atoms with Crippen molar-refractivity contribution >= 4 is 23.2 Å². The molecule has 0 aliphatic rings. The van der Waals surface area contributed by atoms with Crippen LogP contribution in [0, 0.1) is 11.3 Å². The molecule has 0 aliphatic heterocycles. The number of nitriles is 1. The van der Waals surface area contributed by atoms with Gasteiger partial charge in [-0.25, -0.2) is 0 Å². The van der Waals surface area contributed by atoms with Gasteiger partial charge in [-0.15, -0.1) is 0 Å². The molecule has 0 saturated heterocycles. The zero-order valence-corrected chi connectivity index (χ0v) is 13.8. The van der Waals surface area contributed by atoms with Gasteiger partial charge >= 0.3 is 0 Å². The van der Waals surface area contributed by atoms with Crippen LogP contribution in [-0.2, 0) is 0 Å². The van der Waals surface area contributed by atoms with Crippen molar-refractivity contribution in [2.24, 2.45) is 0 Å². The van der Waals surface area contributed by atoms with E-state index in [0.29, 0.717) is 28.4 Å². The van der Waals surface area contributed by atoms with Crippen LogP contribution in [0.15, 0.2) is 34.5 Å². The van der Waals surface area contributed by atoms with Gasteiger partial charge in [-0.3, -0.25) is 4.79 Å². The number of Topliss-reactive ketones (excluding diaryl/α,β-unsaturated/α-hetero) is 1. The van der Waals surface area contributed by atoms with E-state index in [1.807, 2.05) is 6.07 Å². The van der Waals surface area contributed by atoms with Crippen molar-refractivity contribution in [1.29, 1.82) is 5.26 Å². The Hall–Kier alpha value is -2.78. The molecule has 0 unspecified atom stereocenters. The number of ether oxygens (including phenoxy) is 3. The summed E-state index contributed by atoms with van der Waals surface area (Å²) in [6.07, 6.45) is 1.50. The highest BCUT2D eigenvalue weighted by atomic mass is 32.1. The highest BCUT2D eigenvalue weighted by molar-refractivity contribution is 7.08. The third-order valence-corrected chi connectivity index (χ3v) is 3.83. The second kappa shape index (κ2) is 7.47. The van der Waals surface area contributed by atoms with Crippen LogP contribution in [0.1, 0.15) is 15.9 Å². The Bertz CT molecular complexity index is 747. The molecule has 5 nitrogen and oxygen atoms in total. The predicted molar refractivity (Wildman–Crippen MR) is 88.3 cm³/mol. The first kappa shape index (κ1) is 16.6. The van der Waals surface area contributed by atoms with Gasteiger partial charge in [0, 0.05) is 10.9 Å². The summed E-state index contributed by atoms with van der Waals surface area (Å²) in [5.74, 6) is 1.05. The van der Waals surface area contributed by atoms with Crippen LogP contribution in [0.2, 0.25) is 0 Å². The van der Waals surface area contributed by atoms with Crippen LogP contribution in [0.4, 0.5) is 0 Å². The lowest BCUT2D eigenvalue weighted by molar-refractivity contribution is 0.104. The fourth-order valence-electron chi connectivity index (χ4n) is 2.05. The van der Waals surface area contributed by atoms with Crippen LogP contribution in [-0.4, -0.2) is 27.1 Å². The zero-order valence-electron chi connectivity index (χ0n) is 13.0. The van der Waals surface area contributed by atoms with Crippen molar-refractivity contribution in [1.82, 2.24) is 0 Å². The summed E-state index contributed by atoms with van der Waals surface area (Å²) in [5, 5.41) is 12.8. The lowest BCUT2D eigenvalue weighted by Gasteiger charge is -2.13. The average molecular weight is 329 g/mol. The Kier molecular flexibility index (Phi) is 5.39. The highest BCUT2D eigenvalue weighted by Crippen LogP contribution is 2.38. The molecule has 0 aliphatic carbocycles. The Morgan fingerprint density at radius 1 is 1.17 bits per heavy atom. The largest absolute Gasteiger partial charge is 0.493 e. The quantitative estimate of drug-likeness (QED) is 0.460. The van der Waals surface area contributed by atoms with E-state index in [4.69, 9.17) is 14.2 Å². The maximum Gasteiger partial charge on any atom is 0.204 e. The van der Waals surface area contributed by atoms with Crippen molar-refractivity contribution in [2.45, 2.75) is 0 Å². The zero-order chi connectivity index (χ0) is 16.8. The molecule has 0 saturated carbocycles. The van der Waals surface area contributed by atoms with E-state index in [1.54, 1.807) is 29.0 Å². The first-order valence-electron chi connectivity index (χ1n) is 6.63. The second-order valence-corrected chi connectivity index (χ2v) is 5.25. The second-order valence-electron chi connectivity index (χ2n) is 4.47. The van der Waals surface area contributed by atoms with Crippen molar-refractivity contribution in [3.05, 3.63) is 45.7 Å². The summed E-state index contributed by atoms with van der Waals surface area (Å²) >= 11 is 1.41. The number of rotatable bonds is 6. The monoisotopic (exact) mass is 329 g/mol. The van der Waals surface area contributed by atoms with Crippen LogP contribution >= 0.6 is 11.3 Å².